The smallest absolute Gasteiger partial charge is 0.203 e. The van der Waals surface area contributed by atoms with E-state index >= 15 is 0 Å². The van der Waals surface area contributed by atoms with Crippen molar-refractivity contribution >= 4 is 28.7 Å². The Bertz CT molecular complexity index is 1370. The molecule has 7 heteroatoms. The lowest BCUT2D eigenvalue weighted by Gasteiger charge is -2.28. The molecule has 3 aromatic rings. The molecule has 1 saturated heterocycles. The molecule has 0 radical (unpaired) electrons. The topological polar surface area (TPSA) is 66.5 Å². The van der Waals surface area contributed by atoms with E-state index in [9.17, 15) is 4.79 Å². The van der Waals surface area contributed by atoms with Crippen molar-refractivity contribution in [2.75, 3.05) is 59.6 Å². The second-order valence-electron chi connectivity index (χ2n) is 9.36. The van der Waals surface area contributed by atoms with E-state index in [2.05, 4.69) is 29.2 Å². The van der Waals surface area contributed by atoms with Gasteiger partial charge >= 0.3 is 0 Å². The molecule has 0 bridgehead atoms. The largest absolute Gasteiger partial charge is 0.497 e. The molecule has 0 saturated carbocycles. The third-order valence-electron chi connectivity index (χ3n) is 7.19. The number of carbonyl (C=O) groups excluding carboxylic acids is 1. The zero-order valence-electron chi connectivity index (χ0n) is 22.8. The van der Waals surface area contributed by atoms with Gasteiger partial charge in [0, 0.05) is 36.3 Å². The first-order valence-electron chi connectivity index (χ1n) is 12.9. The number of rotatable bonds is 8. The highest BCUT2D eigenvalue weighted by molar-refractivity contribution is 6.39. The molecule has 0 aromatic heterocycles. The van der Waals surface area contributed by atoms with Gasteiger partial charge in [-0.3, -0.25) is 4.79 Å². The van der Waals surface area contributed by atoms with Gasteiger partial charge in [-0.1, -0.05) is 24.3 Å². The number of hydrogen-bond donors (Lipinski definition) is 0. The van der Waals surface area contributed by atoms with Crippen molar-refractivity contribution in [3.8, 4) is 23.0 Å². The molecule has 1 aliphatic heterocycles. The number of Topliss-reactive ketones (excluding diaryl/α,β-unsaturated/α-hetero) is 1. The molecule has 1 fully saturated rings. The van der Waals surface area contributed by atoms with Gasteiger partial charge in [-0.25, -0.2) is 0 Å². The highest BCUT2D eigenvalue weighted by Gasteiger charge is 2.31. The van der Waals surface area contributed by atoms with E-state index < -0.39 is 0 Å². The molecule has 0 N–H and O–H groups in total. The molecular formula is C32H33NO6. The van der Waals surface area contributed by atoms with E-state index in [1.165, 1.54) is 0 Å². The second-order valence-corrected chi connectivity index (χ2v) is 9.36. The normalized spacial score (nSPS) is 16.6. The summed E-state index contributed by atoms with van der Waals surface area (Å²) in [5.41, 5.74) is 6.10. The van der Waals surface area contributed by atoms with Gasteiger partial charge in [0.25, 0.3) is 0 Å². The Morgan fingerprint density at radius 2 is 1.41 bits per heavy atom. The number of nitrogens with zero attached hydrogens (tertiary/aromatic N) is 1. The number of allylic oxidation sites excluding steroid dienone is 3. The molecule has 0 unspecified atom stereocenters. The Hall–Kier alpha value is -4.23. The van der Waals surface area contributed by atoms with Crippen molar-refractivity contribution in [2.24, 2.45) is 0 Å². The number of benzene rings is 3. The van der Waals surface area contributed by atoms with Crippen LogP contribution >= 0.6 is 0 Å². The maximum absolute atomic E-state index is 14.0. The highest BCUT2D eigenvalue weighted by Crippen LogP contribution is 2.46. The first-order chi connectivity index (χ1) is 19.1. The molecule has 5 rings (SSSR count). The summed E-state index contributed by atoms with van der Waals surface area (Å²) < 4.78 is 27.5. The van der Waals surface area contributed by atoms with Crippen LogP contribution < -0.4 is 23.8 Å². The van der Waals surface area contributed by atoms with Crippen LogP contribution in [-0.4, -0.2) is 60.5 Å². The minimum absolute atomic E-state index is 0.0210. The summed E-state index contributed by atoms with van der Waals surface area (Å²) in [5.74, 6) is 2.22. The van der Waals surface area contributed by atoms with Gasteiger partial charge < -0.3 is 28.6 Å². The molecule has 0 spiro atoms. The average molecular weight is 528 g/mol. The maximum atomic E-state index is 14.0. The summed E-state index contributed by atoms with van der Waals surface area (Å²) in [5, 5.41) is 0. The van der Waals surface area contributed by atoms with Crippen LogP contribution in [0.5, 0.6) is 23.0 Å². The Morgan fingerprint density at radius 1 is 0.769 bits per heavy atom. The quantitative estimate of drug-likeness (QED) is 0.357. The van der Waals surface area contributed by atoms with Gasteiger partial charge in [0.05, 0.1) is 41.7 Å². The summed E-state index contributed by atoms with van der Waals surface area (Å²) in [6, 6.07) is 19.8. The number of methoxy groups -OCH3 is 4. The van der Waals surface area contributed by atoms with Gasteiger partial charge in [0.15, 0.2) is 17.3 Å². The lowest BCUT2D eigenvalue weighted by molar-refractivity contribution is -0.110. The number of ketones is 1. The Balaban J connectivity index is 1.55. The zero-order chi connectivity index (χ0) is 27.4. The van der Waals surface area contributed by atoms with Crippen LogP contribution in [0.3, 0.4) is 0 Å². The van der Waals surface area contributed by atoms with Gasteiger partial charge in [0.2, 0.25) is 5.75 Å². The second kappa shape index (κ2) is 11.7. The van der Waals surface area contributed by atoms with Gasteiger partial charge in [0.1, 0.15) is 5.75 Å². The van der Waals surface area contributed by atoms with E-state index in [1.807, 2.05) is 42.5 Å². The van der Waals surface area contributed by atoms with E-state index in [-0.39, 0.29) is 5.78 Å². The highest BCUT2D eigenvalue weighted by atomic mass is 16.5. The number of carbonyl (C=O) groups is 1. The minimum atomic E-state index is -0.0210. The van der Waals surface area contributed by atoms with Crippen molar-refractivity contribution in [1.29, 1.82) is 0 Å². The van der Waals surface area contributed by atoms with Crippen molar-refractivity contribution < 1.29 is 28.5 Å². The molecule has 0 atom stereocenters. The molecule has 7 nitrogen and oxygen atoms in total. The Labute approximate surface area is 229 Å². The van der Waals surface area contributed by atoms with Crippen LogP contribution in [0.15, 0.2) is 66.2 Å². The monoisotopic (exact) mass is 527 g/mol. The van der Waals surface area contributed by atoms with E-state index in [0.717, 1.165) is 60.0 Å². The fraction of sp³-hybridized carbons (Fsp3) is 0.281. The molecule has 39 heavy (non-hydrogen) atoms. The van der Waals surface area contributed by atoms with Crippen molar-refractivity contribution in [1.82, 2.24) is 0 Å². The molecule has 1 aliphatic carbocycles. The third kappa shape index (κ3) is 5.36. The van der Waals surface area contributed by atoms with Crippen molar-refractivity contribution in [3.63, 3.8) is 0 Å². The average Bonchev–Trinajstić information content (AvgIpc) is 3.32. The number of morpholine rings is 1. The van der Waals surface area contributed by atoms with Crippen molar-refractivity contribution in [2.45, 2.75) is 6.42 Å². The van der Waals surface area contributed by atoms with Crippen LogP contribution in [0, 0.1) is 0 Å². The summed E-state index contributed by atoms with van der Waals surface area (Å²) in [6.07, 6.45) is 2.49. The van der Waals surface area contributed by atoms with Gasteiger partial charge in [-0.15, -0.1) is 0 Å². The van der Waals surface area contributed by atoms with E-state index in [4.69, 9.17) is 23.7 Å². The fourth-order valence-corrected chi connectivity index (χ4v) is 5.15. The third-order valence-corrected chi connectivity index (χ3v) is 7.19. The predicted molar refractivity (Wildman–Crippen MR) is 153 cm³/mol. The molecule has 202 valence electrons. The van der Waals surface area contributed by atoms with Crippen LogP contribution in [0.4, 0.5) is 5.69 Å². The first kappa shape index (κ1) is 26.4. The van der Waals surface area contributed by atoms with Crippen LogP contribution in [0.25, 0.3) is 17.2 Å². The summed E-state index contributed by atoms with van der Waals surface area (Å²) in [4.78, 5) is 16.3. The SMILES string of the molecule is COc1ccc(C2=C(c3cc(OC)c(OC)c(OC)c3)C(=O)C(=Cc3ccc(N4CCOCC4)cc3)C2)cc1. The summed E-state index contributed by atoms with van der Waals surface area (Å²) in [7, 11) is 6.35. The molecule has 1 heterocycles. The van der Waals surface area contributed by atoms with Crippen LogP contribution in [-0.2, 0) is 9.53 Å². The first-order valence-corrected chi connectivity index (χ1v) is 12.9. The molecule has 0 amide bonds. The van der Waals surface area contributed by atoms with E-state index in [1.54, 1.807) is 28.4 Å². The van der Waals surface area contributed by atoms with Crippen molar-refractivity contribution in [3.05, 3.63) is 82.9 Å². The molecular weight excluding hydrogens is 494 g/mol. The molecule has 2 aliphatic rings. The van der Waals surface area contributed by atoms with Crippen LogP contribution in [0.2, 0.25) is 0 Å². The number of anilines is 1. The lowest BCUT2D eigenvalue weighted by Crippen LogP contribution is -2.36. The zero-order valence-corrected chi connectivity index (χ0v) is 22.8. The fourth-order valence-electron chi connectivity index (χ4n) is 5.15. The minimum Gasteiger partial charge on any atom is -0.497 e. The van der Waals surface area contributed by atoms with Gasteiger partial charge in [-0.05, 0) is 64.7 Å². The van der Waals surface area contributed by atoms with Crippen LogP contribution in [0.1, 0.15) is 23.1 Å². The predicted octanol–water partition coefficient (Wildman–Crippen LogP) is 5.52. The summed E-state index contributed by atoms with van der Waals surface area (Å²) in [6.45, 7) is 3.24. The lowest BCUT2D eigenvalue weighted by atomic mass is 9.96. The Morgan fingerprint density at radius 3 is 1.97 bits per heavy atom. The number of hydrogen-bond acceptors (Lipinski definition) is 7. The number of ether oxygens (including phenoxy) is 5. The van der Waals surface area contributed by atoms with E-state index in [0.29, 0.717) is 34.8 Å². The maximum Gasteiger partial charge on any atom is 0.203 e. The molecule has 3 aromatic carbocycles. The van der Waals surface area contributed by atoms with Gasteiger partial charge in [-0.2, -0.15) is 0 Å². The summed E-state index contributed by atoms with van der Waals surface area (Å²) >= 11 is 0. The Kier molecular flexibility index (Phi) is 7.89. The standard InChI is InChI=1S/C32H33NO6/c1-35-26-11-7-22(8-12-26)27-18-24(17-21-5-9-25(10-6-21)33-13-15-39-16-14-33)31(34)30(27)23-19-28(36-2)32(38-4)29(20-23)37-3/h5-12,17,19-20H,13-16,18H2,1-4H3.